The molecule has 0 bridgehead atoms. The molecule has 0 atom stereocenters. The molecule has 0 unspecified atom stereocenters. The Morgan fingerprint density at radius 1 is 1.00 bits per heavy atom. The van der Waals surface area contributed by atoms with Gasteiger partial charge in [-0.25, -0.2) is 8.78 Å². The molecule has 0 saturated carbocycles. The molecule has 0 N–H and O–H groups in total. The van der Waals surface area contributed by atoms with Crippen molar-refractivity contribution in [1.29, 1.82) is 0 Å². The summed E-state index contributed by atoms with van der Waals surface area (Å²) < 4.78 is 27.7. The molecule has 5 heteroatoms. The number of nitrogens with zero attached hydrogens (tertiary/aromatic N) is 3. The minimum absolute atomic E-state index is 0.412. The van der Waals surface area contributed by atoms with Gasteiger partial charge < -0.3 is 0 Å². The van der Waals surface area contributed by atoms with E-state index in [4.69, 9.17) is 0 Å². The van der Waals surface area contributed by atoms with Crippen LogP contribution in [0.25, 0.3) is 16.8 Å². The molecule has 1 aliphatic rings. The highest BCUT2D eigenvalue weighted by Crippen LogP contribution is 2.33. The van der Waals surface area contributed by atoms with E-state index < -0.39 is 11.6 Å². The first kappa shape index (κ1) is 16.5. The largest absolute Gasteiger partial charge is 0.298 e. The topological polar surface area (TPSA) is 29.0 Å². The van der Waals surface area contributed by atoms with E-state index in [-0.39, 0.29) is 0 Å². The molecule has 2 heterocycles. The van der Waals surface area contributed by atoms with Gasteiger partial charge in [-0.3, -0.25) is 4.90 Å². The van der Waals surface area contributed by atoms with Crippen LogP contribution in [0.5, 0.6) is 0 Å². The van der Waals surface area contributed by atoms with Crippen molar-refractivity contribution < 1.29 is 8.78 Å². The Morgan fingerprint density at radius 3 is 2.62 bits per heavy atom. The van der Waals surface area contributed by atoms with E-state index in [1.165, 1.54) is 12.1 Å². The Labute approximate surface area is 150 Å². The normalized spacial score (nSPS) is 14.5. The van der Waals surface area contributed by atoms with E-state index >= 15 is 0 Å². The molecule has 1 aliphatic heterocycles. The maximum absolute atomic E-state index is 14.4. The fourth-order valence-corrected chi connectivity index (χ4v) is 3.28. The summed E-state index contributed by atoms with van der Waals surface area (Å²) in [6.45, 7) is 1.41. The Morgan fingerprint density at radius 2 is 1.85 bits per heavy atom. The smallest absolute Gasteiger partial charge is 0.133 e. The fraction of sp³-hybridized carbons (Fsp3) is 0.143. The van der Waals surface area contributed by atoms with Crippen LogP contribution < -0.4 is 0 Å². The van der Waals surface area contributed by atoms with E-state index in [2.05, 4.69) is 21.2 Å². The van der Waals surface area contributed by atoms with Crippen molar-refractivity contribution >= 4 is 5.57 Å². The van der Waals surface area contributed by atoms with Crippen LogP contribution in [0, 0.1) is 11.6 Å². The molecule has 26 heavy (non-hydrogen) atoms. The molecule has 0 fully saturated rings. The summed E-state index contributed by atoms with van der Waals surface area (Å²) in [4.78, 5) is 2.15. The summed E-state index contributed by atoms with van der Waals surface area (Å²) >= 11 is 0. The second-order valence-corrected chi connectivity index (χ2v) is 6.42. The number of hydrogen-bond acceptors (Lipinski definition) is 3. The van der Waals surface area contributed by atoms with E-state index in [1.54, 1.807) is 6.20 Å². The van der Waals surface area contributed by atoms with Crippen molar-refractivity contribution in [2.75, 3.05) is 13.6 Å². The van der Waals surface area contributed by atoms with Gasteiger partial charge in [-0.2, -0.15) is 10.2 Å². The summed E-state index contributed by atoms with van der Waals surface area (Å²) in [7, 11) is 2.01. The standard InChI is InChI=1S/C21H17F2N3/c1-26-10-8-18(19-7-5-16(22)12-20(19)23)17-6-4-14(11-15(17)13-26)21-3-2-9-24-25-21/h2-9,11-12H,10,13H2,1H3. The Hall–Kier alpha value is -2.92. The minimum atomic E-state index is -0.573. The van der Waals surface area contributed by atoms with Gasteiger partial charge in [-0.05, 0) is 54.1 Å². The molecule has 0 radical (unpaired) electrons. The van der Waals surface area contributed by atoms with Gasteiger partial charge in [0.15, 0.2) is 0 Å². The van der Waals surface area contributed by atoms with Crippen LogP contribution in [0.1, 0.15) is 16.7 Å². The molecule has 2 aromatic carbocycles. The molecule has 1 aromatic heterocycles. The molecule has 0 amide bonds. The van der Waals surface area contributed by atoms with E-state index in [0.29, 0.717) is 12.1 Å². The van der Waals surface area contributed by atoms with Crippen molar-refractivity contribution in [3.8, 4) is 11.3 Å². The predicted octanol–water partition coefficient (Wildman–Crippen LogP) is 4.30. The van der Waals surface area contributed by atoms with Crippen LogP contribution in [0.15, 0.2) is 60.8 Å². The molecule has 0 spiro atoms. The lowest BCUT2D eigenvalue weighted by Gasteiger charge is -2.15. The maximum atomic E-state index is 14.4. The third kappa shape index (κ3) is 3.13. The zero-order chi connectivity index (χ0) is 18.1. The summed E-state index contributed by atoms with van der Waals surface area (Å²) in [6.07, 6.45) is 3.63. The predicted molar refractivity (Wildman–Crippen MR) is 97.2 cm³/mol. The van der Waals surface area contributed by atoms with Gasteiger partial charge in [0.25, 0.3) is 0 Å². The number of aromatic nitrogens is 2. The van der Waals surface area contributed by atoms with Crippen molar-refractivity contribution in [3.63, 3.8) is 0 Å². The highest BCUT2D eigenvalue weighted by molar-refractivity contribution is 5.83. The number of benzene rings is 2. The van der Waals surface area contributed by atoms with Crippen LogP contribution in [0.2, 0.25) is 0 Å². The number of fused-ring (bicyclic) bond motifs is 1. The summed E-state index contributed by atoms with van der Waals surface area (Å²) in [5.74, 6) is -1.12. The molecule has 4 rings (SSSR count). The summed E-state index contributed by atoms with van der Waals surface area (Å²) in [6, 6.07) is 13.5. The minimum Gasteiger partial charge on any atom is -0.298 e. The van der Waals surface area contributed by atoms with Crippen LogP contribution >= 0.6 is 0 Å². The highest BCUT2D eigenvalue weighted by atomic mass is 19.1. The van der Waals surface area contributed by atoms with Gasteiger partial charge in [0.05, 0.1) is 5.69 Å². The first-order valence-corrected chi connectivity index (χ1v) is 8.37. The molecular weight excluding hydrogens is 332 g/mol. The van der Waals surface area contributed by atoms with Gasteiger partial charge in [-0.15, -0.1) is 0 Å². The van der Waals surface area contributed by atoms with E-state index in [0.717, 1.165) is 40.6 Å². The van der Waals surface area contributed by atoms with Crippen LogP contribution in [0.4, 0.5) is 8.78 Å². The van der Waals surface area contributed by atoms with Gasteiger partial charge in [0.2, 0.25) is 0 Å². The van der Waals surface area contributed by atoms with Gasteiger partial charge >= 0.3 is 0 Å². The quantitative estimate of drug-likeness (QED) is 0.691. The Kier molecular flexibility index (Phi) is 4.31. The second-order valence-electron chi connectivity index (χ2n) is 6.42. The summed E-state index contributed by atoms with van der Waals surface area (Å²) in [5.41, 5.74) is 4.98. The lowest BCUT2D eigenvalue weighted by molar-refractivity contribution is 0.366. The maximum Gasteiger partial charge on any atom is 0.133 e. The van der Waals surface area contributed by atoms with E-state index in [1.807, 2.05) is 37.4 Å². The highest BCUT2D eigenvalue weighted by Gasteiger charge is 2.19. The zero-order valence-corrected chi connectivity index (χ0v) is 14.3. The third-order valence-corrected chi connectivity index (χ3v) is 4.53. The zero-order valence-electron chi connectivity index (χ0n) is 14.3. The number of hydrogen-bond donors (Lipinski definition) is 0. The number of halogens is 2. The Balaban J connectivity index is 1.84. The monoisotopic (exact) mass is 349 g/mol. The molecule has 3 nitrogen and oxygen atoms in total. The lowest BCUT2D eigenvalue weighted by Crippen LogP contribution is -2.16. The molecular formula is C21H17F2N3. The van der Waals surface area contributed by atoms with Gasteiger partial charge in [0.1, 0.15) is 11.6 Å². The molecule has 3 aromatic rings. The van der Waals surface area contributed by atoms with E-state index in [9.17, 15) is 8.78 Å². The molecule has 0 aliphatic carbocycles. The first-order chi connectivity index (χ1) is 12.6. The fourth-order valence-electron chi connectivity index (χ4n) is 3.28. The van der Waals surface area contributed by atoms with Gasteiger partial charge in [0, 0.05) is 36.5 Å². The lowest BCUT2D eigenvalue weighted by atomic mass is 9.92. The van der Waals surface area contributed by atoms with Gasteiger partial charge in [-0.1, -0.05) is 18.2 Å². The number of likely N-dealkylation sites (N-methyl/N-ethyl adjacent to an activating group) is 1. The average molecular weight is 349 g/mol. The third-order valence-electron chi connectivity index (χ3n) is 4.53. The molecule has 130 valence electrons. The van der Waals surface area contributed by atoms with Crippen molar-refractivity contribution in [2.45, 2.75) is 6.54 Å². The van der Waals surface area contributed by atoms with Crippen LogP contribution in [-0.4, -0.2) is 28.7 Å². The van der Waals surface area contributed by atoms with Crippen molar-refractivity contribution in [1.82, 2.24) is 15.1 Å². The van der Waals surface area contributed by atoms with Crippen molar-refractivity contribution in [2.24, 2.45) is 0 Å². The first-order valence-electron chi connectivity index (χ1n) is 8.37. The Bertz CT molecular complexity index is 984. The molecule has 0 saturated heterocycles. The second kappa shape index (κ2) is 6.77. The SMILES string of the molecule is CN1CC=C(c2ccc(F)cc2F)c2ccc(-c3cccnn3)cc2C1. The summed E-state index contributed by atoms with van der Waals surface area (Å²) in [5, 5.41) is 8.09. The average Bonchev–Trinajstić information content (AvgIpc) is 2.80. The van der Waals surface area contributed by atoms with Crippen LogP contribution in [0.3, 0.4) is 0 Å². The van der Waals surface area contributed by atoms with Crippen LogP contribution in [-0.2, 0) is 6.54 Å². The number of rotatable bonds is 2. The van der Waals surface area contributed by atoms with Crippen molar-refractivity contribution in [3.05, 3.63) is 89.1 Å².